The number of imidazole rings is 2. The summed E-state index contributed by atoms with van der Waals surface area (Å²) in [7, 11) is 3.84. The molecule has 0 spiro atoms. The predicted molar refractivity (Wildman–Crippen MR) is 207 cm³/mol. The number of thioether (sulfide) groups is 1. The van der Waals surface area contributed by atoms with Crippen LogP contribution in [0.1, 0.15) is 40.4 Å². The Hall–Kier alpha value is -5.49. The Morgan fingerprint density at radius 2 is 1.32 bits per heavy atom. The van der Waals surface area contributed by atoms with E-state index in [1.807, 2.05) is 90.8 Å². The number of benzene rings is 4. The number of carbonyl (C=O) groups excluding carboxylic acids is 2. The number of hydrogen-bond donors (Lipinski definition) is 2. The molecule has 6 aromatic rings. The summed E-state index contributed by atoms with van der Waals surface area (Å²) in [4.78, 5) is 48.8. The molecule has 4 aromatic carbocycles. The van der Waals surface area contributed by atoms with Crippen LogP contribution in [-0.2, 0) is 20.7 Å². The molecule has 0 aliphatic carbocycles. The fourth-order valence-electron chi connectivity index (χ4n) is 7.10. The van der Waals surface area contributed by atoms with Gasteiger partial charge in [0.15, 0.2) is 12.1 Å². The number of likely N-dealkylation sites (N-methyl/N-ethyl adjacent to an activating group) is 1. The Balaban J connectivity index is 0.921. The quantitative estimate of drug-likeness (QED) is 0.155. The van der Waals surface area contributed by atoms with Crippen LogP contribution in [0.3, 0.4) is 0 Å². The molecule has 0 saturated carbocycles. The van der Waals surface area contributed by atoms with Crippen LogP contribution in [0.2, 0.25) is 0 Å². The second-order valence-electron chi connectivity index (χ2n) is 13.5. The van der Waals surface area contributed by atoms with E-state index in [4.69, 9.17) is 9.72 Å². The third-order valence-corrected chi connectivity index (χ3v) is 11.0. The lowest BCUT2D eigenvalue weighted by Crippen LogP contribution is -2.40. The molecule has 8 rings (SSSR count). The summed E-state index contributed by atoms with van der Waals surface area (Å²) in [5.41, 5.74) is 7.94. The van der Waals surface area contributed by atoms with Crippen LogP contribution >= 0.6 is 11.8 Å². The lowest BCUT2D eigenvalue weighted by molar-refractivity contribution is -0.142. The van der Waals surface area contributed by atoms with Crippen molar-refractivity contribution in [3.63, 3.8) is 0 Å². The van der Waals surface area contributed by atoms with Crippen LogP contribution in [0, 0.1) is 0 Å². The van der Waals surface area contributed by atoms with Gasteiger partial charge in [-0.25, -0.2) is 9.97 Å². The van der Waals surface area contributed by atoms with Gasteiger partial charge in [0.1, 0.15) is 17.2 Å². The minimum Gasteiger partial charge on any atom is -0.349 e. The van der Waals surface area contributed by atoms with Crippen LogP contribution in [0.5, 0.6) is 0 Å². The van der Waals surface area contributed by atoms with Crippen molar-refractivity contribution in [3.8, 4) is 33.6 Å². The second-order valence-corrected chi connectivity index (χ2v) is 14.7. The van der Waals surface area contributed by atoms with Crippen molar-refractivity contribution in [1.82, 2.24) is 34.6 Å². The van der Waals surface area contributed by atoms with Crippen LogP contribution in [0.15, 0.2) is 122 Å². The number of H-pyrrole nitrogens is 2. The van der Waals surface area contributed by atoms with E-state index in [0.717, 1.165) is 56.3 Å². The largest absolute Gasteiger partial charge is 0.349 e. The molecule has 10 nitrogen and oxygen atoms in total. The molecular weight excluding hydrogens is 683 g/mol. The lowest BCUT2D eigenvalue weighted by Gasteiger charge is -2.30. The molecule has 53 heavy (non-hydrogen) atoms. The Morgan fingerprint density at radius 3 is 1.94 bits per heavy atom. The fourth-order valence-corrected chi connectivity index (χ4v) is 8.31. The normalized spacial score (nSPS) is 17.8. The zero-order chi connectivity index (χ0) is 36.3. The van der Waals surface area contributed by atoms with E-state index in [1.54, 1.807) is 22.9 Å². The number of ether oxygens (including phenoxy) is 1. The highest BCUT2D eigenvalue weighted by atomic mass is 32.2. The number of amides is 2. The second kappa shape index (κ2) is 15.2. The van der Waals surface area contributed by atoms with Crippen molar-refractivity contribution in [2.24, 2.45) is 0 Å². The number of carbonyl (C=O) groups is 2. The first-order valence-electron chi connectivity index (χ1n) is 17.8. The number of aromatic amines is 2. The number of nitrogens with one attached hydrogen (secondary N) is 2. The Labute approximate surface area is 313 Å². The molecule has 3 atom stereocenters. The summed E-state index contributed by atoms with van der Waals surface area (Å²) in [5, 5.41) is -0.120. The van der Waals surface area contributed by atoms with Crippen LogP contribution in [-0.4, -0.2) is 86.0 Å². The smallest absolute Gasteiger partial charge is 0.246 e. The minimum absolute atomic E-state index is 0.0181. The summed E-state index contributed by atoms with van der Waals surface area (Å²) >= 11 is 1.74. The Kier molecular flexibility index (Phi) is 9.94. The minimum atomic E-state index is -0.580. The van der Waals surface area contributed by atoms with Gasteiger partial charge in [-0.15, -0.1) is 11.8 Å². The SMILES string of the molecule is CN(C)[C@@H](C(=O)N1CCO[C@H]1c1ncc(-c2ccc(-c3ccc(-c4cnc([C@@H]5SCCN5C(=O)Cc5ccccc5)[nH]4)cc3)cc2)[nH]1)c1ccccc1. The molecule has 11 heteroatoms. The number of nitrogens with zero attached hydrogens (tertiary/aromatic N) is 5. The first kappa shape index (κ1) is 34.6. The monoisotopic (exact) mass is 723 g/mol. The van der Waals surface area contributed by atoms with E-state index >= 15 is 0 Å². The lowest BCUT2D eigenvalue weighted by atomic mass is 10.0. The molecule has 4 heterocycles. The van der Waals surface area contributed by atoms with Gasteiger partial charge < -0.3 is 24.5 Å². The third-order valence-electron chi connectivity index (χ3n) is 9.83. The summed E-state index contributed by atoms with van der Waals surface area (Å²) in [6.07, 6.45) is 3.46. The number of aromatic nitrogens is 4. The zero-order valence-electron chi connectivity index (χ0n) is 29.7. The maximum absolute atomic E-state index is 13.8. The van der Waals surface area contributed by atoms with E-state index in [0.29, 0.717) is 31.9 Å². The van der Waals surface area contributed by atoms with Gasteiger partial charge in [-0.1, -0.05) is 109 Å². The van der Waals surface area contributed by atoms with Crippen LogP contribution in [0.4, 0.5) is 0 Å². The van der Waals surface area contributed by atoms with Crippen LogP contribution < -0.4 is 0 Å². The van der Waals surface area contributed by atoms with E-state index in [-0.39, 0.29) is 17.2 Å². The van der Waals surface area contributed by atoms with Crippen LogP contribution in [0.25, 0.3) is 33.6 Å². The first-order valence-corrected chi connectivity index (χ1v) is 18.9. The van der Waals surface area contributed by atoms with Gasteiger partial charge in [0, 0.05) is 18.8 Å². The molecular formula is C42H41N7O3S. The van der Waals surface area contributed by atoms with E-state index in [1.165, 1.54) is 0 Å². The Bertz CT molecular complexity index is 2170. The highest BCUT2D eigenvalue weighted by molar-refractivity contribution is 7.99. The van der Waals surface area contributed by atoms with Crippen molar-refractivity contribution in [3.05, 3.63) is 144 Å². The van der Waals surface area contributed by atoms with Gasteiger partial charge in [0.05, 0.1) is 36.8 Å². The topological polar surface area (TPSA) is 110 Å². The predicted octanol–water partition coefficient (Wildman–Crippen LogP) is 7.11. The summed E-state index contributed by atoms with van der Waals surface area (Å²) in [5.74, 6) is 2.39. The van der Waals surface area contributed by atoms with Gasteiger partial charge in [0.2, 0.25) is 11.8 Å². The summed E-state index contributed by atoms with van der Waals surface area (Å²) < 4.78 is 6.04. The third kappa shape index (κ3) is 7.28. The van der Waals surface area contributed by atoms with Gasteiger partial charge in [0.25, 0.3) is 0 Å². The average molecular weight is 724 g/mol. The van der Waals surface area contributed by atoms with Gasteiger partial charge in [-0.05, 0) is 47.5 Å². The molecule has 2 fully saturated rings. The molecule has 0 radical (unpaired) electrons. The summed E-state index contributed by atoms with van der Waals surface area (Å²) in [6.45, 7) is 1.66. The Morgan fingerprint density at radius 1 is 0.755 bits per heavy atom. The average Bonchev–Trinajstić information content (AvgIpc) is 4.03. The molecule has 0 bridgehead atoms. The van der Waals surface area contributed by atoms with Crippen molar-refractivity contribution in [1.29, 1.82) is 0 Å². The summed E-state index contributed by atoms with van der Waals surface area (Å²) in [6, 6.07) is 36.0. The number of hydrogen-bond acceptors (Lipinski definition) is 7. The van der Waals surface area contributed by atoms with E-state index in [2.05, 4.69) is 63.5 Å². The molecule has 268 valence electrons. The van der Waals surface area contributed by atoms with Gasteiger partial charge in [-0.3, -0.25) is 14.5 Å². The molecule has 2 aliphatic heterocycles. The van der Waals surface area contributed by atoms with Gasteiger partial charge in [-0.2, -0.15) is 0 Å². The van der Waals surface area contributed by atoms with Gasteiger partial charge >= 0.3 is 0 Å². The number of rotatable bonds is 10. The van der Waals surface area contributed by atoms with Crippen molar-refractivity contribution < 1.29 is 14.3 Å². The van der Waals surface area contributed by atoms with E-state index < -0.39 is 12.3 Å². The molecule has 2 amide bonds. The first-order chi connectivity index (χ1) is 25.9. The maximum atomic E-state index is 13.8. The fraction of sp³-hybridized carbons (Fsp3) is 0.238. The molecule has 2 N–H and O–H groups in total. The highest BCUT2D eigenvalue weighted by Crippen LogP contribution is 2.38. The zero-order valence-corrected chi connectivity index (χ0v) is 30.5. The standard InChI is InChI=1S/C42H41N7O3S/c1-47(2)37(33-11-7-4-8-12-33)40(51)49-21-23-52-41(49)38-43-26-34(45-38)31-17-13-29(14-18-31)30-15-19-32(20-16-30)35-27-44-39(46-35)42-48(22-24-53-42)36(50)25-28-9-5-3-6-10-28/h3-20,26-27,37,41-42H,21-25H2,1-2H3,(H,43,45)(H,44,46)/t37-,41+,42+/m1/s1. The maximum Gasteiger partial charge on any atom is 0.246 e. The molecule has 2 aliphatic rings. The van der Waals surface area contributed by atoms with Crippen molar-refractivity contribution in [2.45, 2.75) is 24.1 Å². The van der Waals surface area contributed by atoms with Crippen molar-refractivity contribution in [2.75, 3.05) is 39.5 Å². The molecule has 2 aromatic heterocycles. The van der Waals surface area contributed by atoms with E-state index in [9.17, 15) is 9.59 Å². The molecule has 2 saturated heterocycles. The van der Waals surface area contributed by atoms with Crippen molar-refractivity contribution >= 4 is 23.6 Å². The highest BCUT2D eigenvalue weighted by Gasteiger charge is 2.38. The molecule has 0 unspecified atom stereocenters.